The molecule has 0 aliphatic heterocycles. The molecule has 0 aromatic carbocycles. The number of nitrogens with one attached hydrogen (secondary N) is 1. The Kier molecular flexibility index (Phi) is 3.70. The zero-order valence-electron chi connectivity index (χ0n) is 7.57. The Morgan fingerprint density at radius 3 is 2.80 bits per heavy atom. The van der Waals surface area contributed by atoms with Crippen LogP contribution in [0.5, 0.6) is 0 Å². The van der Waals surface area contributed by atoms with E-state index in [1.165, 1.54) is 12.3 Å². The normalized spacial score (nSPS) is 12.1. The summed E-state index contributed by atoms with van der Waals surface area (Å²) < 4.78 is 4.69. The van der Waals surface area contributed by atoms with E-state index in [1.54, 1.807) is 0 Å². The van der Waals surface area contributed by atoms with Gasteiger partial charge in [-0.15, -0.1) is 0 Å². The minimum atomic E-state index is -1.42. The van der Waals surface area contributed by atoms with Crippen LogP contribution in [0.15, 0.2) is 16.7 Å². The molecule has 1 heterocycles. The maximum Gasteiger partial charge on any atom is 0.256 e. The number of rotatable bonds is 4. The molecule has 0 spiro atoms. The maximum absolute atomic E-state index is 11.3. The molecule has 0 radical (unpaired) electrons. The van der Waals surface area contributed by atoms with Crippen molar-refractivity contribution in [3.8, 4) is 0 Å². The molecule has 4 N–H and O–H groups in total. The number of amides is 2. The highest BCUT2D eigenvalue weighted by Crippen LogP contribution is 2.15. The molecule has 1 aromatic heterocycles. The molecule has 0 aliphatic carbocycles. The molecule has 1 rings (SSSR count). The number of carbonyl (C=O) groups is 2. The molecule has 82 valence electrons. The van der Waals surface area contributed by atoms with E-state index in [4.69, 9.17) is 26.9 Å². The fourth-order valence-corrected chi connectivity index (χ4v) is 1.04. The second-order valence-electron chi connectivity index (χ2n) is 2.74. The van der Waals surface area contributed by atoms with Gasteiger partial charge in [-0.1, -0.05) is 0 Å². The van der Waals surface area contributed by atoms with E-state index in [0.717, 1.165) is 0 Å². The summed E-state index contributed by atoms with van der Waals surface area (Å²) in [6.07, 6.45) is -0.165. The van der Waals surface area contributed by atoms with E-state index >= 15 is 0 Å². The molecule has 7 heteroatoms. The standard InChI is InChI=1S/C8H9ClN2O4/c9-6-4(1-2-15-6)8(14)11-3-5(12)7(10)13/h1-2,5,12H,3H2,(H2,10,13)(H,11,14). The van der Waals surface area contributed by atoms with Crippen LogP contribution in [0.1, 0.15) is 10.4 Å². The van der Waals surface area contributed by atoms with Crippen LogP contribution in [0.4, 0.5) is 0 Å². The van der Waals surface area contributed by atoms with Gasteiger partial charge >= 0.3 is 0 Å². The molecule has 1 aromatic rings. The summed E-state index contributed by atoms with van der Waals surface area (Å²) in [6, 6.07) is 1.37. The van der Waals surface area contributed by atoms with Crippen molar-refractivity contribution in [2.75, 3.05) is 6.54 Å². The highest BCUT2D eigenvalue weighted by atomic mass is 35.5. The summed E-state index contributed by atoms with van der Waals surface area (Å²) in [5.74, 6) is -1.46. The van der Waals surface area contributed by atoms with Gasteiger partial charge in [-0.2, -0.15) is 0 Å². The highest BCUT2D eigenvalue weighted by Gasteiger charge is 2.16. The lowest BCUT2D eigenvalue weighted by molar-refractivity contribution is -0.125. The Morgan fingerprint density at radius 1 is 1.67 bits per heavy atom. The zero-order valence-corrected chi connectivity index (χ0v) is 8.32. The average molecular weight is 233 g/mol. The van der Waals surface area contributed by atoms with Crippen molar-refractivity contribution in [1.82, 2.24) is 5.32 Å². The second kappa shape index (κ2) is 4.81. The van der Waals surface area contributed by atoms with Crippen LogP contribution >= 0.6 is 11.6 Å². The number of hydrogen-bond acceptors (Lipinski definition) is 4. The van der Waals surface area contributed by atoms with Crippen molar-refractivity contribution in [2.45, 2.75) is 6.10 Å². The number of hydrogen-bond donors (Lipinski definition) is 3. The fourth-order valence-electron chi connectivity index (χ4n) is 0.841. The van der Waals surface area contributed by atoms with Crippen LogP contribution in [-0.4, -0.2) is 29.6 Å². The Labute approximate surface area is 90.0 Å². The lowest BCUT2D eigenvalue weighted by atomic mass is 10.3. The number of aliphatic hydroxyl groups is 1. The first-order valence-electron chi connectivity index (χ1n) is 4.01. The third-order valence-electron chi connectivity index (χ3n) is 1.65. The van der Waals surface area contributed by atoms with Gasteiger partial charge in [-0.3, -0.25) is 9.59 Å². The summed E-state index contributed by atoms with van der Waals surface area (Å²) in [6.45, 7) is -0.268. The van der Waals surface area contributed by atoms with Crippen molar-refractivity contribution >= 4 is 23.4 Å². The molecular weight excluding hydrogens is 224 g/mol. The molecule has 0 saturated heterocycles. The number of nitrogens with two attached hydrogens (primary N) is 1. The number of furan rings is 1. The molecule has 0 saturated carbocycles. The van der Waals surface area contributed by atoms with Gasteiger partial charge in [0.05, 0.1) is 18.4 Å². The quantitative estimate of drug-likeness (QED) is 0.651. The number of aliphatic hydroxyl groups excluding tert-OH is 1. The van der Waals surface area contributed by atoms with Gasteiger partial charge in [-0.25, -0.2) is 0 Å². The first-order valence-corrected chi connectivity index (χ1v) is 4.38. The Bertz CT molecular complexity index is 376. The molecule has 1 unspecified atom stereocenters. The summed E-state index contributed by atoms with van der Waals surface area (Å²) in [5, 5.41) is 11.2. The third kappa shape index (κ3) is 2.97. The van der Waals surface area contributed by atoms with E-state index < -0.39 is 17.9 Å². The van der Waals surface area contributed by atoms with E-state index in [9.17, 15) is 9.59 Å². The summed E-state index contributed by atoms with van der Waals surface area (Å²) in [4.78, 5) is 21.8. The van der Waals surface area contributed by atoms with Gasteiger partial charge in [0.1, 0.15) is 6.10 Å². The van der Waals surface area contributed by atoms with Gasteiger partial charge in [-0.05, 0) is 17.7 Å². The minimum Gasteiger partial charge on any atom is -0.452 e. The predicted molar refractivity (Wildman–Crippen MR) is 51.3 cm³/mol. The smallest absolute Gasteiger partial charge is 0.256 e. The maximum atomic E-state index is 11.3. The fraction of sp³-hybridized carbons (Fsp3) is 0.250. The summed E-state index contributed by atoms with van der Waals surface area (Å²) >= 11 is 5.53. The van der Waals surface area contributed by atoms with Gasteiger partial charge in [0.25, 0.3) is 5.91 Å². The predicted octanol–water partition coefficient (Wildman–Crippen LogP) is -0.491. The largest absolute Gasteiger partial charge is 0.452 e. The number of halogens is 1. The van der Waals surface area contributed by atoms with Crippen LogP contribution in [0, 0.1) is 0 Å². The Hall–Kier alpha value is -1.53. The molecule has 15 heavy (non-hydrogen) atoms. The van der Waals surface area contributed by atoms with Gasteiger partial charge in [0.2, 0.25) is 11.1 Å². The van der Waals surface area contributed by atoms with E-state index in [-0.39, 0.29) is 17.3 Å². The van der Waals surface area contributed by atoms with Crippen molar-refractivity contribution < 1.29 is 19.1 Å². The number of carbonyl (C=O) groups excluding carboxylic acids is 2. The van der Waals surface area contributed by atoms with Crippen LogP contribution in [0.3, 0.4) is 0 Å². The Balaban J connectivity index is 2.51. The molecule has 0 bridgehead atoms. The molecule has 6 nitrogen and oxygen atoms in total. The molecule has 0 fully saturated rings. The summed E-state index contributed by atoms with van der Waals surface area (Å²) in [5.41, 5.74) is 4.92. The second-order valence-corrected chi connectivity index (χ2v) is 3.08. The van der Waals surface area contributed by atoms with E-state index in [0.29, 0.717) is 0 Å². The van der Waals surface area contributed by atoms with Crippen LogP contribution < -0.4 is 11.1 Å². The van der Waals surface area contributed by atoms with Crippen molar-refractivity contribution in [3.05, 3.63) is 23.1 Å². The van der Waals surface area contributed by atoms with Crippen molar-refractivity contribution in [3.63, 3.8) is 0 Å². The van der Waals surface area contributed by atoms with Crippen LogP contribution in [0.2, 0.25) is 5.22 Å². The molecular formula is C8H9ClN2O4. The van der Waals surface area contributed by atoms with Crippen LogP contribution in [-0.2, 0) is 4.79 Å². The molecule has 0 aliphatic rings. The van der Waals surface area contributed by atoms with E-state index in [2.05, 4.69) is 5.32 Å². The third-order valence-corrected chi connectivity index (χ3v) is 1.94. The first kappa shape index (κ1) is 11.5. The van der Waals surface area contributed by atoms with Crippen LogP contribution in [0.25, 0.3) is 0 Å². The lowest BCUT2D eigenvalue weighted by Gasteiger charge is -2.07. The van der Waals surface area contributed by atoms with Gasteiger partial charge in [0, 0.05) is 0 Å². The van der Waals surface area contributed by atoms with Gasteiger partial charge in [0.15, 0.2) is 0 Å². The first-order chi connectivity index (χ1) is 7.02. The topological polar surface area (TPSA) is 106 Å². The molecule has 1 atom stereocenters. The number of primary amides is 1. The zero-order chi connectivity index (χ0) is 11.4. The van der Waals surface area contributed by atoms with Gasteiger partial charge < -0.3 is 20.6 Å². The SMILES string of the molecule is NC(=O)C(O)CNC(=O)c1ccoc1Cl. The highest BCUT2D eigenvalue weighted by molar-refractivity contribution is 6.32. The lowest BCUT2D eigenvalue weighted by Crippen LogP contribution is -2.39. The monoisotopic (exact) mass is 232 g/mol. The Morgan fingerprint density at radius 2 is 2.33 bits per heavy atom. The van der Waals surface area contributed by atoms with E-state index in [1.807, 2.05) is 0 Å². The minimum absolute atomic E-state index is 0.0546. The van der Waals surface area contributed by atoms with Crippen molar-refractivity contribution in [2.24, 2.45) is 5.73 Å². The average Bonchev–Trinajstić information content (AvgIpc) is 2.60. The summed E-state index contributed by atoms with van der Waals surface area (Å²) in [7, 11) is 0. The van der Waals surface area contributed by atoms with Crippen molar-refractivity contribution in [1.29, 1.82) is 0 Å². The molecule has 2 amide bonds.